The molecule has 0 saturated carbocycles. The summed E-state index contributed by atoms with van der Waals surface area (Å²) >= 11 is 0. The zero-order chi connectivity index (χ0) is 22.6. The van der Waals surface area contributed by atoms with Crippen LogP contribution in [0.15, 0.2) is 72.8 Å². The number of halogens is 1. The van der Waals surface area contributed by atoms with Crippen LogP contribution in [0.25, 0.3) is 10.9 Å². The van der Waals surface area contributed by atoms with Crippen LogP contribution < -0.4 is 19.9 Å². The summed E-state index contributed by atoms with van der Waals surface area (Å²) < 4.78 is 19.4. The lowest BCUT2D eigenvalue weighted by molar-refractivity contribution is 0.414. The Hall–Kier alpha value is -3.87. The lowest BCUT2D eigenvalue weighted by Crippen LogP contribution is -2.47. The number of aromatic nitrogens is 2. The van der Waals surface area contributed by atoms with Crippen molar-refractivity contribution in [1.82, 2.24) is 9.97 Å². The van der Waals surface area contributed by atoms with E-state index in [1.165, 1.54) is 6.07 Å². The van der Waals surface area contributed by atoms with Crippen molar-refractivity contribution in [2.45, 2.75) is 6.54 Å². The van der Waals surface area contributed by atoms with Crippen LogP contribution in [0.2, 0.25) is 0 Å². The minimum atomic E-state index is -0.182. The van der Waals surface area contributed by atoms with E-state index < -0.39 is 0 Å². The van der Waals surface area contributed by atoms with E-state index in [1.54, 1.807) is 13.2 Å². The van der Waals surface area contributed by atoms with Gasteiger partial charge >= 0.3 is 0 Å². The second-order valence-corrected chi connectivity index (χ2v) is 8.02. The zero-order valence-corrected chi connectivity index (χ0v) is 18.5. The minimum Gasteiger partial charge on any atom is -0.497 e. The van der Waals surface area contributed by atoms with E-state index in [0.29, 0.717) is 31.3 Å². The maximum absolute atomic E-state index is 14.2. The van der Waals surface area contributed by atoms with E-state index in [1.807, 2.05) is 60.7 Å². The van der Waals surface area contributed by atoms with Gasteiger partial charge in [-0.2, -0.15) is 4.98 Å². The molecule has 1 fully saturated rings. The van der Waals surface area contributed by atoms with Gasteiger partial charge in [0.05, 0.1) is 18.3 Å². The number of nitrogens with zero attached hydrogens (tertiary/aromatic N) is 4. The first-order valence-electron chi connectivity index (χ1n) is 11.1. The Labute approximate surface area is 192 Å². The molecule has 0 spiro atoms. The van der Waals surface area contributed by atoms with Gasteiger partial charge in [0.2, 0.25) is 5.95 Å². The number of piperazine rings is 1. The molecule has 7 heteroatoms. The first-order valence-corrected chi connectivity index (χ1v) is 11.1. The third-order valence-electron chi connectivity index (χ3n) is 5.97. The van der Waals surface area contributed by atoms with Gasteiger partial charge in [0.1, 0.15) is 17.4 Å². The third-order valence-corrected chi connectivity index (χ3v) is 5.97. The molecule has 1 aromatic heterocycles. The molecule has 0 amide bonds. The molecule has 1 aliphatic heterocycles. The van der Waals surface area contributed by atoms with Gasteiger partial charge in [0.25, 0.3) is 0 Å². The number of fused-ring (bicyclic) bond motifs is 1. The van der Waals surface area contributed by atoms with Gasteiger partial charge < -0.3 is 19.9 Å². The molecule has 1 saturated heterocycles. The SMILES string of the molecule is COc1ccc(CNc2nc(N3CCN(c4ccccc4F)CC3)nc3ccccc23)cc1. The number of nitrogens with one attached hydrogen (secondary N) is 1. The molecule has 1 N–H and O–H groups in total. The lowest BCUT2D eigenvalue weighted by atomic mass is 10.2. The van der Waals surface area contributed by atoms with Crippen molar-refractivity contribution < 1.29 is 9.13 Å². The van der Waals surface area contributed by atoms with Crippen LogP contribution in [-0.2, 0) is 6.54 Å². The number of hydrogen-bond acceptors (Lipinski definition) is 6. The number of benzene rings is 3. The van der Waals surface area contributed by atoms with Crippen LogP contribution in [0, 0.1) is 5.82 Å². The van der Waals surface area contributed by atoms with Gasteiger partial charge in [-0.25, -0.2) is 9.37 Å². The summed E-state index contributed by atoms with van der Waals surface area (Å²) in [6, 6.07) is 22.9. The van der Waals surface area contributed by atoms with Crippen LogP contribution in [-0.4, -0.2) is 43.3 Å². The summed E-state index contributed by atoms with van der Waals surface area (Å²) in [5.41, 5.74) is 2.69. The highest BCUT2D eigenvalue weighted by Crippen LogP contribution is 2.26. The molecule has 168 valence electrons. The van der Waals surface area contributed by atoms with E-state index in [0.717, 1.165) is 41.1 Å². The van der Waals surface area contributed by atoms with Crippen molar-refractivity contribution in [1.29, 1.82) is 0 Å². The van der Waals surface area contributed by atoms with Crippen LogP contribution in [0.4, 0.5) is 21.8 Å². The van der Waals surface area contributed by atoms with Crippen molar-refractivity contribution in [3.63, 3.8) is 0 Å². The fourth-order valence-corrected chi connectivity index (χ4v) is 4.13. The molecule has 0 atom stereocenters. The molecule has 0 aliphatic carbocycles. The Kier molecular flexibility index (Phi) is 5.93. The number of para-hydroxylation sites is 2. The molecule has 4 aromatic rings. The second kappa shape index (κ2) is 9.32. The first-order chi connectivity index (χ1) is 16.2. The monoisotopic (exact) mass is 443 g/mol. The maximum Gasteiger partial charge on any atom is 0.228 e. The van der Waals surface area contributed by atoms with E-state index in [-0.39, 0.29) is 5.82 Å². The molecular weight excluding hydrogens is 417 g/mol. The predicted octanol–water partition coefficient (Wildman–Crippen LogP) is 4.72. The van der Waals surface area contributed by atoms with Gasteiger partial charge in [0, 0.05) is 38.1 Å². The van der Waals surface area contributed by atoms with Gasteiger partial charge in [-0.05, 0) is 42.0 Å². The average Bonchev–Trinajstić information content (AvgIpc) is 2.88. The number of anilines is 3. The molecule has 0 unspecified atom stereocenters. The van der Waals surface area contributed by atoms with Crippen LogP contribution in [0.5, 0.6) is 5.75 Å². The number of ether oxygens (including phenoxy) is 1. The van der Waals surface area contributed by atoms with Crippen LogP contribution in [0.1, 0.15) is 5.56 Å². The third kappa shape index (κ3) is 4.53. The highest BCUT2D eigenvalue weighted by Gasteiger charge is 2.22. The van der Waals surface area contributed by atoms with Crippen LogP contribution in [0.3, 0.4) is 0 Å². The highest BCUT2D eigenvalue weighted by atomic mass is 19.1. The Morgan fingerprint density at radius 2 is 1.55 bits per heavy atom. The Morgan fingerprint density at radius 1 is 0.848 bits per heavy atom. The molecule has 0 bridgehead atoms. The Bertz CT molecular complexity index is 1240. The summed E-state index contributed by atoms with van der Waals surface area (Å²) in [6.07, 6.45) is 0. The van der Waals surface area contributed by atoms with Gasteiger partial charge in [0.15, 0.2) is 0 Å². The molecule has 3 aromatic carbocycles. The van der Waals surface area contributed by atoms with Crippen molar-refractivity contribution in [2.75, 3.05) is 48.4 Å². The molecule has 33 heavy (non-hydrogen) atoms. The molecule has 6 nitrogen and oxygen atoms in total. The molecular formula is C26H26FN5O. The van der Waals surface area contributed by atoms with Crippen molar-refractivity contribution >= 4 is 28.4 Å². The van der Waals surface area contributed by atoms with Gasteiger partial charge in [-0.15, -0.1) is 0 Å². The fourth-order valence-electron chi connectivity index (χ4n) is 4.13. The smallest absolute Gasteiger partial charge is 0.228 e. The second-order valence-electron chi connectivity index (χ2n) is 8.02. The maximum atomic E-state index is 14.2. The van der Waals surface area contributed by atoms with Crippen molar-refractivity contribution in [3.05, 3.63) is 84.2 Å². The van der Waals surface area contributed by atoms with E-state index in [2.05, 4.69) is 15.1 Å². The quantitative estimate of drug-likeness (QED) is 0.466. The normalized spacial score (nSPS) is 13.9. The van der Waals surface area contributed by atoms with Gasteiger partial charge in [-0.3, -0.25) is 0 Å². The summed E-state index contributed by atoms with van der Waals surface area (Å²) in [7, 11) is 1.66. The fraction of sp³-hybridized carbons (Fsp3) is 0.231. The van der Waals surface area contributed by atoms with Crippen LogP contribution >= 0.6 is 0 Å². The Balaban J connectivity index is 1.35. The van der Waals surface area contributed by atoms with E-state index in [9.17, 15) is 4.39 Å². The summed E-state index contributed by atoms with van der Waals surface area (Å²) in [6.45, 7) is 3.53. The molecule has 1 aliphatic rings. The number of rotatable bonds is 6. The highest BCUT2D eigenvalue weighted by molar-refractivity contribution is 5.90. The van der Waals surface area contributed by atoms with E-state index >= 15 is 0 Å². The molecule has 0 radical (unpaired) electrons. The zero-order valence-electron chi connectivity index (χ0n) is 18.5. The first kappa shape index (κ1) is 21.0. The average molecular weight is 444 g/mol. The van der Waals surface area contributed by atoms with Crippen molar-refractivity contribution in [2.24, 2.45) is 0 Å². The number of methoxy groups -OCH3 is 1. The minimum absolute atomic E-state index is 0.182. The largest absolute Gasteiger partial charge is 0.497 e. The number of hydrogen-bond donors (Lipinski definition) is 1. The lowest BCUT2D eigenvalue weighted by Gasteiger charge is -2.36. The topological polar surface area (TPSA) is 53.5 Å². The van der Waals surface area contributed by atoms with Gasteiger partial charge in [-0.1, -0.05) is 36.4 Å². The summed E-state index contributed by atoms with van der Waals surface area (Å²) in [4.78, 5) is 13.9. The predicted molar refractivity (Wildman–Crippen MR) is 131 cm³/mol. The summed E-state index contributed by atoms with van der Waals surface area (Å²) in [5.74, 6) is 2.16. The van der Waals surface area contributed by atoms with E-state index in [4.69, 9.17) is 14.7 Å². The van der Waals surface area contributed by atoms with Crippen molar-refractivity contribution in [3.8, 4) is 5.75 Å². The molecule has 5 rings (SSSR count). The molecule has 2 heterocycles. The standard InChI is InChI=1S/C26H26FN5O/c1-33-20-12-10-19(11-13-20)18-28-25-21-6-2-4-8-23(21)29-26(30-25)32-16-14-31(15-17-32)24-9-5-3-7-22(24)27/h2-13H,14-18H2,1H3,(H,28,29,30). The summed E-state index contributed by atoms with van der Waals surface area (Å²) in [5, 5.41) is 4.47. The Morgan fingerprint density at radius 3 is 2.30 bits per heavy atom.